The molecule has 2 atom stereocenters. The molecule has 0 aliphatic carbocycles. The fraction of sp³-hybridized carbons (Fsp3) is 0.174. The molecule has 28 heavy (non-hydrogen) atoms. The molecule has 4 nitrogen and oxygen atoms in total. The van der Waals surface area contributed by atoms with Gasteiger partial charge in [0.15, 0.2) is 17.7 Å². The Bertz CT molecular complexity index is 887. The van der Waals surface area contributed by atoms with Crippen molar-refractivity contribution in [3.63, 3.8) is 0 Å². The summed E-state index contributed by atoms with van der Waals surface area (Å²) in [4.78, 5) is 12.6. The van der Waals surface area contributed by atoms with Crippen molar-refractivity contribution < 1.29 is 18.7 Å². The minimum atomic E-state index is -0.693. The third-order valence-electron chi connectivity index (χ3n) is 4.19. The van der Waals surface area contributed by atoms with E-state index < -0.39 is 18.0 Å². The molecule has 1 amide bonds. The van der Waals surface area contributed by atoms with Crippen molar-refractivity contribution >= 4 is 5.91 Å². The third-order valence-corrected chi connectivity index (χ3v) is 4.19. The van der Waals surface area contributed by atoms with E-state index >= 15 is 0 Å². The average Bonchev–Trinajstić information content (AvgIpc) is 2.73. The van der Waals surface area contributed by atoms with Crippen molar-refractivity contribution in [1.82, 2.24) is 5.32 Å². The number of amides is 1. The summed E-state index contributed by atoms with van der Waals surface area (Å²) in [5.41, 5.74) is 0.860. The lowest BCUT2D eigenvalue weighted by molar-refractivity contribution is -0.128. The molecule has 0 aliphatic rings. The summed E-state index contributed by atoms with van der Waals surface area (Å²) in [5, 5.41) is 2.93. The first-order valence-corrected chi connectivity index (χ1v) is 9.08. The Balaban J connectivity index is 1.68. The molecular weight excluding hydrogens is 357 g/mol. The minimum Gasteiger partial charge on any atom is -0.488 e. The number of hydrogen-bond acceptors (Lipinski definition) is 3. The largest absolute Gasteiger partial charge is 0.488 e. The van der Waals surface area contributed by atoms with Crippen LogP contribution in [0.4, 0.5) is 4.39 Å². The molecule has 0 saturated heterocycles. The lowest BCUT2D eigenvalue weighted by atomic mass is 10.1. The highest BCUT2D eigenvalue weighted by molar-refractivity contribution is 5.81. The Labute approximate surface area is 163 Å². The van der Waals surface area contributed by atoms with Crippen molar-refractivity contribution in [3.8, 4) is 11.5 Å². The first-order valence-electron chi connectivity index (χ1n) is 9.08. The molecule has 0 fully saturated rings. The fourth-order valence-electron chi connectivity index (χ4n) is 2.69. The highest BCUT2D eigenvalue weighted by Gasteiger charge is 2.21. The van der Waals surface area contributed by atoms with Crippen LogP contribution < -0.4 is 14.8 Å². The van der Waals surface area contributed by atoms with E-state index in [2.05, 4.69) is 5.32 Å². The summed E-state index contributed by atoms with van der Waals surface area (Å²) in [6, 6.07) is 24.3. The molecule has 3 aromatic carbocycles. The van der Waals surface area contributed by atoms with Crippen molar-refractivity contribution in [2.45, 2.75) is 19.1 Å². The van der Waals surface area contributed by atoms with Crippen molar-refractivity contribution in [3.05, 3.63) is 96.3 Å². The molecule has 144 valence electrons. The quantitative estimate of drug-likeness (QED) is 0.626. The van der Waals surface area contributed by atoms with E-state index in [0.29, 0.717) is 5.75 Å². The number of nitrogens with one attached hydrogen (secondary N) is 1. The van der Waals surface area contributed by atoms with Gasteiger partial charge in [0.2, 0.25) is 0 Å². The number of para-hydroxylation sites is 2. The Kier molecular flexibility index (Phi) is 6.63. The number of rotatable bonds is 8. The van der Waals surface area contributed by atoms with E-state index in [1.807, 2.05) is 48.5 Å². The van der Waals surface area contributed by atoms with Gasteiger partial charge in [-0.2, -0.15) is 0 Å². The first-order chi connectivity index (χ1) is 13.6. The van der Waals surface area contributed by atoms with Gasteiger partial charge in [-0.05, 0) is 36.8 Å². The van der Waals surface area contributed by atoms with Crippen LogP contribution in [-0.4, -0.2) is 18.6 Å². The zero-order chi connectivity index (χ0) is 19.8. The molecule has 0 unspecified atom stereocenters. The van der Waals surface area contributed by atoms with Gasteiger partial charge in [0.05, 0.1) is 6.04 Å². The topological polar surface area (TPSA) is 47.6 Å². The maximum atomic E-state index is 13.8. The van der Waals surface area contributed by atoms with Crippen LogP contribution in [0.25, 0.3) is 0 Å². The monoisotopic (exact) mass is 379 g/mol. The summed E-state index contributed by atoms with van der Waals surface area (Å²) in [5.74, 6) is 0.0338. The summed E-state index contributed by atoms with van der Waals surface area (Å²) in [7, 11) is 0. The van der Waals surface area contributed by atoms with Gasteiger partial charge in [0.25, 0.3) is 5.91 Å². The van der Waals surface area contributed by atoms with Gasteiger partial charge < -0.3 is 14.8 Å². The van der Waals surface area contributed by atoms with Crippen LogP contribution in [-0.2, 0) is 4.79 Å². The van der Waals surface area contributed by atoms with Gasteiger partial charge in [-0.3, -0.25) is 4.79 Å². The number of carbonyl (C=O) groups excluding carboxylic acids is 1. The summed E-state index contributed by atoms with van der Waals surface area (Å²) >= 11 is 0. The second-order valence-electron chi connectivity index (χ2n) is 6.29. The molecule has 3 aromatic rings. The standard InChI is InChI=1S/C23H22FNO3/c1-17(28-19-12-6-3-7-13-19)23(26)25-21(18-10-4-2-5-11-18)16-27-22-15-9-8-14-20(22)24/h2-15,17,21H,16H2,1H3,(H,25,26)/t17-,21-/m0/s1. The van der Waals surface area contributed by atoms with Gasteiger partial charge in [-0.25, -0.2) is 4.39 Å². The number of carbonyl (C=O) groups is 1. The molecule has 1 N–H and O–H groups in total. The zero-order valence-electron chi connectivity index (χ0n) is 15.5. The lowest BCUT2D eigenvalue weighted by Crippen LogP contribution is -2.40. The van der Waals surface area contributed by atoms with Crippen molar-refractivity contribution in [2.75, 3.05) is 6.61 Å². The summed E-state index contributed by atoms with van der Waals surface area (Å²) < 4.78 is 25.1. The Morgan fingerprint density at radius 2 is 1.54 bits per heavy atom. The molecule has 0 aliphatic heterocycles. The van der Waals surface area contributed by atoms with E-state index in [0.717, 1.165) is 5.56 Å². The van der Waals surface area contributed by atoms with E-state index in [1.165, 1.54) is 6.07 Å². The normalized spacial score (nSPS) is 12.6. The van der Waals surface area contributed by atoms with Gasteiger partial charge in [0.1, 0.15) is 12.4 Å². The van der Waals surface area contributed by atoms with E-state index in [1.54, 1.807) is 37.3 Å². The van der Waals surface area contributed by atoms with E-state index in [4.69, 9.17) is 9.47 Å². The third kappa shape index (κ3) is 5.33. The van der Waals surface area contributed by atoms with Crippen LogP contribution in [0.3, 0.4) is 0 Å². The number of ether oxygens (including phenoxy) is 2. The highest BCUT2D eigenvalue weighted by Crippen LogP contribution is 2.20. The SMILES string of the molecule is C[C@H](Oc1ccccc1)C(=O)N[C@@H](COc1ccccc1F)c1ccccc1. The lowest BCUT2D eigenvalue weighted by Gasteiger charge is -2.22. The zero-order valence-corrected chi connectivity index (χ0v) is 15.5. The number of halogens is 1. The van der Waals surface area contributed by atoms with Gasteiger partial charge in [-0.15, -0.1) is 0 Å². The Morgan fingerprint density at radius 3 is 2.21 bits per heavy atom. The van der Waals surface area contributed by atoms with Crippen LogP contribution in [0.5, 0.6) is 11.5 Å². The Hall–Kier alpha value is -3.34. The summed E-state index contributed by atoms with van der Waals surface area (Å²) in [6.07, 6.45) is -0.693. The molecule has 0 radical (unpaired) electrons. The minimum absolute atomic E-state index is 0.0920. The van der Waals surface area contributed by atoms with Crippen molar-refractivity contribution in [2.24, 2.45) is 0 Å². The van der Waals surface area contributed by atoms with Crippen LogP contribution in [0, 0.1) is 5.82 Å². The van der Waals surface area contributed by atoms with Crippen LogP contribution in [0.15, 0.2) is 84.9 Å². The smallest absolute Gasteiger partial charge is 0.261 e. The van der Waals surface area contributed by atoms with Crippen molar-refractivity contribution in [1.29, 1.82) is 0 Å². The molecule has 3 rings (SSSR count). The second kappa shape index (κ2) is 9.55. The Morgan fingerprint density at radius 1 is 0.929 bits per heavy atom. The fourth-order valence-corrected chi connectivity index (χ4v) is 2.69. The van der Waals surface area contributed by atoms with Crippen LogP contribution in [0.1, 0.15) is 18.5 Å². The molecule has 0 aromatic heterocycles. The molecule has 0 spiro atoms. The second-order valence-corrected chi connectivity index (χ2v) is 6.29. The maximum Gasteiger partial charge on any atom is 0.261 e. The molecular formula is C23H22FNO3. The first kappa shape index (κ1) is 19.4. The van der Waals surface area contributed by atoms with Gasteiger partial charge in [0, 0.05) is 0 Å². The summed E-state index contributed by atoms with van der Waals surface area (Å²) in [6.45, 7) is 1.77. The van der Waals surface area contributed by atoms with E-state index in [-0.39, 0.29) is 18.3 Å². The maximum absolute atomic E-state index is 13.8. The molecule has 0 heterocycles. The van der Waals surface area contributed by atoms with E-state index in [9.17, 15) is 9.18 Å². The average molecular weight is 379 g/mol. The predicted molar refractivity (Wildman–Crippen MR) is 106 cm³/mol. The number of benzene rings is 3. The molecule has 0 saturated carbocycles. The highest BCUT2D eigenvalue weighted by atomic mass is 19.1. The van der Waals surface area contributed by atoms with Gasteiger partial charge in [-0.1, -0.05) is 60.7 Å². The number of hydrogen-bond donors (Lipinski definition) is 1. The predicted octanol–water partition coefficient (Wildman–Crippen LogP) is 4.53. The van der Waals surface area contributed by atoms with Crippen LogP contribution in [0.2, 0.25) is 0 Å². The van der Waals surface area contributed by atoms with Crippen LogP contribution >= 0.6 is 0 Å². The molecule has 0 bridgehead atoms. The molecule has 5 heteroatoms. The van der Waals surface area contributed by atoms with Gasteiger partial charge >= 0.3 is 0 Å².